The first-order chi connectivity index (χ1) is 16.7. The fourth-order valence-corrected chi connectivity index (χ4v) is 5.39. The molecule has 0 aromatic heterocycles. The fraction of sp³-hybridized carbons (Fsp3) is 0.370. The monoisotopic (exact) mass is 485 g/mol. The van der Waals surface area contributed by atoms with Crippen LogP contribution in [-0.4, -0.2) is 46.0 Å². The molecule has 2 aliphatic rings. The molecule has 2 aromatic rings. The average molecular weight is 486 g/mol. The summed E-state index contributed by atoms with van der Waals surface area (Å²) in [5.74, 6) is -4.47. The zero-order valence-electron chi connectivity index (χ0n) is 19.5. The van der Waals surface area contributed by atoms with Gasteiger partial charge in [-0.25, -0.2) is 18.0 Å². The number of carboxylic acids is 1. The maximum atomic E-state index is 13.9. The highest BCUT2D eigenvalue weighted by Gasteiger charge is 2.41. The van der Waals surface area contributed by atoms with Crippen LogP contribution in [0.2, 0.25) is 0 Å². The number of carboxylic acid groups (broad SMARTS) is 1. The zero-order valence-corrected chi connectivity index (χ0v) is 19.5. The summed E-state index contributed by atoms with van der Waals surface area (Å²) in [5.41, 5.74) is 1.61. The molecule has 0 bridgehead atoms. The van der Waals surface area contributed by atoms with Crippen molar-refractivity contribution in [2.45, 2.75) is 50.6 Å². The molecule has 1 N–H and O–H groups in total. The largest absolute Gasteiger partial charge is 0.478 e. The Kier molecular flexibility index (Phi) is 7.31. The lowest BCUT2D eigenvalue weighted by molar-refractivity contribution is -0.138. The van der Waals surface area contributed by atoms with Gasteiger partial charge in [0.1, 0.15) is 5.82 Å². The summed E-state index contributed by atoms with van der Waals surface area (Å²) in [6.45, 7) is 6.96. The van der Waals surface area contributed by atoms with Gasteiger partial charge in [-0.3, -0.25) is 14.6 Å². The van der Waals surface area contributed by atoms with Crippen LogP contribution < -0.4 is 0 Å². The van der Waals surface area contributed by atoms with Crippen LogP contribution in [0, 0.1) is 24.4 Å². The summed E-state index contributed by atoms with van der Waals surface area (Å²) in [4.78, 5) is 29.2. The van der Waals surface area contributed by atoms with Crippen molar-refractivity contribution in [2.24, 2.45) is 0 Å². The predicted octanol–water partition coefficient (Wildman–Crippen LogP) is 5.21. The molecule has 2 atom stereocenters. The van der Waals surface area contributed by atoms with Crippen molar-refractivity contribution in [3.8, 4) is 0 Å². The quantitative estimate of drug-likeness (QED) is 0.611. The average Bonchev–Trinajstić information content (AvgIpc) is 2.83. The first-order valence-electron chi connectivity index (χ1n) is 11.7. The molecule has 4 rings (SSSR count). The summed E-state index contributed by atoms with van der Waals surface area (Å²) in [6.07, 6.45) is 1.41. The van der Waals surface area contributed by atoms with E-state index >= 15 is 0 Å². The van der Waals surface area contributed by atoms with Crippen LogP contribution in [-0.2, 0) is 9.59 Å². The third kappa shape index (κ3) is 4.98. The smallest absolute Gasteiger partial charge is 0.333 e. The standard InChI is InChI=1S/C27H28F3N2O3/c1-3-24(31-12-10-18(11-13-31)17-4-7-20(28)8-5-17)32-16(2)26(27(34)35)21(15-25(32)33)19-6-9-22(29)23(30)14-19/h4-9,14,18,21,24H,1,3,10-13,15H2,2H3,(H,34,35). The summed E-state index contributed by atoms with van der Waals surface area (Å²) in [5, 5.41) is 9.99. The molecule has 0 saturated carbocycles. The van der Waals surface area contributed by atoms with Gasteiger partial charge in [0.25, 0.3) is 0 Å². The second-order valence-corrected chi connectivity index (χ2v) is 9.13. The summed E-state index contributed by atoms with van der Waals surface area (Å²) >= 11 is 0. The molecular weight excluding hydrogens is 457 g/mol. The normalized spacial score (nSPS) is 20.9. The number of nitrogens with zero attached hydrogens (tertiary/aromatic N) is 2. The molecule has 8 heteroatoms. The van der Waals surface area contributed by atoms with E-state index in [9.17, 15) is 27.9 Å². The topological polar surface area (TPSA) is 60.9 Å². The Hall–Kier alpha value is -3.13. The van der Waals surface area contributed by atoms with Gasteiger partial charge in [0.15, 0.2) is 11.6 Å². The van der Waals surface area contributed by atoms with E-state index in [-0.39, 0.29) is 40.9 Å². The third-order valence-electron chi connectivity index (χ3n) is 7.17. The molecule has 2 aliphatic heterocycles. The number of benzene rings is 2. The lowest BCUT2D eigenvalue weighted by Crippen LogP contribution is -2.54. The lowest BCUT2D eigenvalue weighted by atomic mass is 9.83. The number of rotatable bonds is 6. The molecule has 0 spiro atoms. The van der Waals surface area contributed by atoms with Crippen molar-refractivity contribution in [3.05, 3.63) is 89.2 Å². The number of allylic oxidation sites excluding steroid dienone is 1. The van der Waals surface area contributed by atoms with E-state index in [0.717, 1.165) is 30.5 Å². The lowest BCUT2D eigenvalue weighted by Gasteiger charge is -2.45. The van der Waals surface area contributed by atoms with Gasteiger partial charge in [0.2, 0.25) is 5.91 Å². The molecule has 2 unspecified atom stereocenters. The van der Waals surface area contributed by atoms with Gasteiger partial charge < -0.3 is 5.11 Å². The Morgan fingerprint density at radius 1 is 1.06 bits per heavy atom. The van der Waals surface area contributed by atoms with Crippen LogP contribution in [0.15, 0.2) is 53.7 Å². The van der Waals surface area contributed by atoms with Crippen LogP contribution in [0.3, 0.4) is 0 Å². The molecule has 5 nitrogen and oxygen atoms in total. The number of carbonyl (C=O) groups is 2. The van der Waals surface area contributed by atoms with Crippen LogP contribution >= 0.6 is 0 Å². The van der Waals surface area contributed by atoms with Gasteiger partial charge in [-0.15, -0.1) is 0 Å². The molecular formula is C27H28F3N2O3. The molecule has 0 aliphatic carbocycles. The number of hydrogen-bond donors (Lipinski definition) is 1. The Balaban J connectivity index is 1.58. The van der Waals surface area contributed by atoms with Crippen molar-refractivity contribution < 1.29 is 27.9 Å². The van der Waals surface area contributed by atoms with Gasteiger partial charge >= 0.3 is 5.97 Å². The van der Waals surface area contributed by atoms with Gasteiger partial charge in [0.05, 0.1) is 11.7 Å². The number of carbonyl (C=O) groups excluding carboxylic acids is 1. The number of aliphatic carboxylic acids is 1. The first-order valence-corrected chi connectivity index (χ1v) is 11.7. The van der Waals surface area contributed by atoms with Gasteiger partial charge in [-0.2, -0.15) is 0 Å². The number of hydrogen-bond acceptors (Lipinski definition) is 3. The Bertz CT molecular complexity index is 1140. The highest BCUT2D eigenvalue weighted by Crippen LogP contribution is 2.39. The first kappa shape index (κ1) is 25.0. The van der Waals surface area contributed by atoms with E-state index in [1.165, 1.54) is 23.1 Å². The SMILES string of the molecule is [CH2]CC(N1CCC(c2ccc(F)cc2)CC1)N1C(=O)CC(c2ccc(F)c(F)c2)C(C(=O)O)=C1C. The molecule has 1 radical (unpaired) electrons. The molecule has 1 fully saturated rings. The molecule has 2 aromatic carbocycles. The Labute approximate surface area is 202 Å². The van der Waals surface area contributed by atoms with Crippen LogP contribution in [0.25, 0.3) is 0 Å². The van der Waals surface area contributed by atoms with Crippen LogP contribution in [0.1, 0.15) is 55.6 Å². The van der Waals surface area contributed by atoms with Crippen LogP contribution in [0.5, 0.6) is 0 Å². The Morgan fingerprint density at radius 2 is 1.69 bits per heavy atom. The molecule has 35 heavy (non-hydrogen) atoms. The highest BCUT2D eigenvalue weighted by molar-refractivity contribution is 5.94. The molecule has 1 saturated heterocycles. The summed E-state index contributed by atoms with van der Waals surface area (Å²) in [6, 6.07) is 9.73. The minimum Gasteiger partial charge on any atom is -0.478 e. The van der Waals surface area contributed by atoms with E-state index < -0.39 is 29.7 Å². The van der Waals surface area contributed by atoms with Gasteiger partial charge in [0, 0.05) is 31.1 Å². The van der Waals surface area contributed by atoms with Gasteiger partial charge in [-0.05, 0) is 74.4 Å². The van der Waals surface area contributed by atoms with Crippen molar-refractivity contribution in [1.29, 1.82) is 0 Å². The van der Waals surface area contributed by atoms with E-state index in [1.54, 1.807) is 19.1 Å². The molecule has 2 heterocycles. The number of halogens is 3. The third-order valence-corrected chi connectivity index (χ3v) is 7.17. The van der Waals surface area contributed by atoms with E-state index in [4.69, 9.17) is 0 Å². The van der Waals surface area contributed by atoms with E-state index in [0.29, 0.717) is 19.5 Å². The minimum atomic E-state index is -1.20. The van der Waals surface area contributed by atoms with Gasteiger partial charge in [-0.1, -0.05) is 18.2 Å². The van der Waals surface area contributed by atoms with Crippen molar-refractivity contribution in [2.75, 3.05) is 13.1 Å². The number of piperidine rings is 1. The maximum absolute atomic E-state index is 13.9. The van der Waals surface area contributed by atoms with E-state index in [1.807, 2.05) is 0 Å². The summed E-state index contributed by atoms with van der Waals surface area (Å²) < 4.78 is 40.6. The molecule has 185 valence electrons. The number of likely N-dealkylation sites (tertiary alicyclic amines) is 1. The van der Waals surface area contributed by atoms with Crippen molar-refractivity contribution in [3.63, 3.8) is 0 Å². The minimum absolute atomic E-state index is 0.00439. The fourth-order valence-electron chi connectivity index (χ4n) is 5.39. The highest BCUT2D eigenvalue weighted by atomic mass is 19.2. The summed E-state index contributed by atoms with van der Waals surface area (Å²) in [7, 11) is 0. The molecule has 1 amide bonds. The number of amides is 1. The van der Waals surface area contributed by atoms with Crippen molar-refractivity contribution >= 4 is 11.9 Å². The van der Waals surface area contributed by atoms with Crippen LogP contribution in [0.4, 0.5) is 13.2 Å². The zero-order chi connectivity index (χ0) is 25.3. The van der Waals surface area contributed by atoms with Crippen molar-refractivity contribution in [1.82, 2.24) is 9.80 Å². The second kappa shape index (κ2) is 10.2. The Morgan fingerprint density at radius 3 is 2.26 bits per heavy atom. The van der Waals surface area contributed by atoms with E-state index in [2.05, 4.69) is 11.8 Å². The predicted molar refractivity (Wildman–Crippen MR) is 125 cm³/mol. The maximum Gasteiger partial charge on any atom is 0.333 e. The second-order valence-electron chi connectivity index (χ2n) is 9.13.